The average Bonchev–Trinajstić information content (AvgIpc) is 2.25. The number of carbonyl (C=O) groups is 1. The predicted molar refractivity (Wildman–Crippen MR) is 75.5 cm³/mol. The van der Waals surface area contributed by atoms with Gasteiger partial charge in [-0.1, -0.05) is 6.07 Å². The summed E-state index contributed by atoms with van der Waals surface area (Å²) in [7, 11) is 3.65. The number of aryl methyl sites for hydroxylation is 2. The third kappa shape index (κ3) is 3.57. The second kappa shape index (κ2) is 6.01. The highest BCUT2D eigenvalue weighted by molar-refractivity contribution is 5.75. The van der Waals surface area contributed by atoms with Gasteiger partial charge in [0.1, 0.15) is 0 Å². The van der Waals surface area contributed by atoms with Gasteiger partial charge in [-0.3, -0.25) is 10.2 Å². The molecule has 0 aliphatic heterocycles. The van der Waals surface area contributed by atoms with Crippen LogP contribution in [0.15, 0.2) is 6.07 Å². The quantitative estimate of drug-likeness (QED) is 0.830. The van der Waals surface area contributed by atoms with Crippen LogP contribution in [0.4, 0.5) is 0 Å². The topological polar surface area (TPSA) is 32.3 Å². The highest BCUT2D eigenvalue weighted by Crippen LogP contribution is 2.22. The van der Waals surface area contributed by atoms with Gasteiger partial charge in [-0.25, -0.2) is 5.01 Å². The number of benzene rings is 1. The molecule has 0 unspecified atom stereocenters. The maximum Gasteiger partial charge on any atom is 0.234 e. The van der Waals surface area contributed by atoms with Crippen molar-refractivity contribution in [1.82, 2.24) is 10.4 Å². The molecule has 0 atom stereocenters. The molecule has 0 saturated carbocycles. The largest absolute Gasteiger partial charge is 0.289 e. The minimum absolute atomic E-state index is 0.0676. The van der Waals surface area contributed by atoms with Crippen molar-refractivity contribution < 1.29 is 4.79 Å². The molecule has 0 radical (unpaired) electrons. The fraction of sp³-hybridized carbons (Fsp3) is 0.533. The van der Waals surface area contributed by atoms with Crippen LogP contribution < -0.4 is 5.43 Å². The highest BCUT2D eigenvalue weighted by Gasteiger charge is 2.10. The van der Waals surface area contributed by atoms with Crippen LogP contribution >= 0.6 is 0 Å². The number of amides is 1. The van der Waals surface area contributed by atoms with E-state index in [1.165, 1.54) is 27.8 Å². The fourth-order valence-corrected chi connectivity index (χ4v) is 2.22. The smallest absolute Gasteiger partial charge is 0.234 e. The third-order valence-corrected chi connectivity index (χ3v) is 3.47. The van der Waals surface area contributed by atoms with Gasteiger partial charge in [-0.05, 0) is 61.9 Å². The lowest BCUT2D eigenvalue weighted by Gasteiger charge is -2.16. The lowest BCUT2D eigenvalue weighted by Crippen LogP contribution is -2.36. The molecule has 1 amide bonds. The van der Waals surface area contributed by atoms with Crippen LogP contribution in [0.2, 0.25) is 0 Å². The van der Waals surface area contributed by atoms with Crippen LogP contribution in [0.5, 0.6) is 0 Å². The Morgan fingerprint density at radius 1 is 1.11 bits per heavy atom. The number of nitrogens with one attached hydrogen (secondary N) is 1. The molecule has 100 valence electrons. The zero-order valence-electron chi connectivity index (χ0n) is 12.3. The van der Waals surface area contributed by atoms with E-state index in [0.717, 1.165) is 6.42 Å². The Balaban J connectivity index is 2.82. The van der Waals surface area contributed by atoms with Gasteiger partial charge < -0.3 is 0 Å². The summed E-state index contributed by atoms with van der Waals surface area (Å²) >= 11 is 0. The highest BCUT2D eigenvalue weighted by atomic mass is 16.2. The Morgan fingerprint density at radius 2 is 1.61 bits per heavy atom. The van der Waals surface area contributed by atoms with E-state index in [1.807, 2.05) is 14.1 Å². The molecule has 1 aromatic rings. The van der Waals surface area contributed by atoms with Crippen molar-refractivity contribution in [3.05, 3.63) is 33.9 Å². The summed E-state index contributed by atoms with van der Waals surface area (Å²) in [6.45, 7) is 8.54. The van der Waals surface area contributed by atoms with Crippen LogP contribution in [0, 0.1) is 27.7 Å². The Bertz CT molecular complexity index is 424. The molecule has 18 heavy (non-hydrogen) atoms. The molecular weight excluding hydrogens is 224 g/mol. The minimum atomic E-state index is 0.0676. The first kappa shape index (κ1) is 14.7. The molecule has 0 spiro atoms. The molecule has 3 nitrogen and oxygen atoms in total. The Kier molecular flexibility index (Phi) is 4.91. The summed E-state index contributed by atoms with van der Waals surface area (Å²) in [5, 5.41) is 1.68. The summed E-state index contributed by atoms with van der Waals surface area (Å²) in [6.07, 6.45) is 1.34. The first-order valence-corrected chi connectivity index (χ1v) is 6.36. The number of hydrogen-bond donors (Lipinski definition) is 1. The molecule has 3 heteroatoms. The van der Waals surface area contributed by atoms with Crippen molar-refractivity contribution in [2.75, 3.05) is 14.1 Å². The summed E-state index contributed by atoms with van der Waals surface area (Å²) < 4.78 is 0. The zero-order valence-corrected chi connectivity index (χ0v) is 12.3. The molecule has 1 N–H and O–H groups in total. The average molecular weight is 248 g/mol. The first-order chi connectivity index (χ1) is 8.32. The monoisotopic (exact) mass is 248 g/mol. The van der Waals surface area contributed by atoms with Crippen LogP contribution in [-0.2, 0) is 11.2 Å². The second-order valence-corrected chi connectivity index (χ2v) is 5.17. The summed E-state index contributed by atoms with van der Waals surface area (Å²) in [6, 6.07) is 2.22. The summed E-state index contributed by atoms with van der Waals surface area (Å²) in [4.78, 5) is 11.7. The van der Waals surface area contributed by atoms with E-state index in [1.54, 1.807) is 5.01 Å². The summed E-state index contributed by atoms with van der Waals surface area (Å²) in [5.74, 6) is 0.0676. The molecule has 0 aliphatic carbocycles. The molecule has 0 fully saturated rings. The Morgan fingerprint density at radius 3 is 2.06 bits per heavy atom. The van der Waals surface area contributed by atoms with E-state index in [4.69, 9.17) is 0 Å². The van der Waals surface area contributed by atoms with Gasteiger partial charge in [-0.15, -0.1) is 0 Å². The standard InChI is InChI=1S/C15H24N2O/c1-10-9-11(2)13(4)14(12(10)3)7-8-15(18)16-17(5)6/h9H,7-8H2,1-6H3,(H,16,18). The second-order valence-electron chi connectivity index (χ2n) is 5.17. The lowest BCUT2D eigenvalue weighted by molar-refractivity contribution is -0.124. The Hall–Kier alpha value is -1.35. The van der Waals surface area contributed by atoms with Crippen LogP contribution in [0.1, 0.15) is 34.2 Å². The first-order valence-electron chi connectivity index (χ1n) is 6.36. The van der Waals surface area contributed by atoms with Gasteiger partial charge in [0.15, 0.2) is 0 Å². The van der Waals surface area contributed by atoms with Crippen molar-refractivity contribution in [2.45, 2.75) is 40.5 Å². The molecule has 0 aromatic heterocycles. The van der Waals surface area contributed by atoms with Crippen LogP contribution in [0.3, 0.4) is 0 Å². The Labute approximate surface area is 110 Å². The fourth-order valence-electron chi connectivity index (χ4n) is 2.22. The maximum atomic E-state index is 11.7. The third-order valence-electron chi connectivity index (χ3n) is 3.47. The van der Waals surface area contributed by atoms with Crippen molar-refractivity contribution in [3.63, 3.8) is 0 Å². The molecule has 1 aromatic carbocycles. The van der Waals surface area contributed by atoms with Gasteiger partial charge in [0.05, 0.1) is 0 Å². The minimum Gasteiger partial charge on any atom is -0.289 e. The van der Waals surface area contributed by atoms with E-state index >= 15 is 0 Å². The van der Waals surface area contributed by atoms with Crippen LogP contribution in [-0.4, -0.2) is 25.0 Å². The molecule has 0 bridgehead atoms. The van der Waals surface area contributed by atoms with E-state index in [0.29, 0.717) is 6.42 Å². The summed E-state index contributed by atoms with van der Waals surface area (Å²) in [5.41, 5.74) is 9.34. The van der Waals surface area contributed by atoms with Crippen molar-refractivity contribution in [3.8, 4) is 0 Å². The van der Waals surface area contributed by atoms with Crippen molar-refractivity contribution in [2.24, 2.45) is 0 Å². The van der Waals surface area contributed by atoms with Crippen molar-refractivity contribution >= 4 is 5.91 Å². The maximum absolute atomic E-state index is 11.7. The van der Waals surface area contributed by atoms with E-state index < -0.39 is 0 Å². The SMILES string of the molecule is Cc1cc(C)c(C)c(CCC(=O)NN(C)C)c1C. The zero-order chi connectivity index (χ0) is 13.9. The van der Waals surface area contributed by atoms with E-state index in [2.05, 4.69) is 39.2 Å². The molecular formula is C15H24N2O. The van der Waals surface area contributed by atoms with Gasteiger partial charge >= 0.3 is 0 Å². The predicted octanol–water partition coefficient (Wildman–Crippen LogP) is 2.45. The number of hydrazine groups is 1. The number of hydrogen-bond acceptors (Lipinski definition) is 2. The van der Waals surface area contributed by atoms with Gasteiger partial charge in [0, 0.05) is 20.5 Å². The number of nitrogens with zero attached hydrogens (tertiary/aromatic N) is 1. The number of carbonyl (C=O) groups excluding carboxylic acids is 1. The van der Waals surface area contributed by atoms with Crippen molar-refractivity contribution in [1.29, 1.82) is 0 Å². The normalized spacial score (nSPS) is 10.8. The van der Waals surface area contributed by atoms with Gasteiger partial charge in [0.25, 0.3) is 0 Å². The molecule has 0 heterocycles. The van der Waals surface area contributed by atoms with E-state index in [-0.39, 0.29) is 5.91 Å². The number of rotatable bonds is 4. The van der Waals surface area contributed by atoms with E-state index in [9.17, 15) is 4.79 Å². The lowest BCUT2D eigenvalue weighted by atomic mass is 9.91. The van der Waals surface area contributed by atoms with Gasteiger partial charge in [-0.2, -0.15) is 0 Å². The van der Waals surface area contributed by atoms with Crippen LogP contribution in [0.25, 0.3) is 0 Å². The van der Waals surface area contributed by atoms with Gasteiger partial charge in [0.2, 0.25) is 5.91 Å². The molecule has 0 saturated heterocycles. The molecule has 1 rings (SSSR count). The molecule has 0 aliphatic rings.